The number of rotatable bonds is 12. The van der Waals surface area contributed by atoms with Crippen LogP contribution in [0.3, 0.4) is 0 Å². The molecule has 3 aromatic carbocycles. The summed E-state index contributed by atoms with van der Waals surface area (Å²) in [5.41, 5.74) is 0.430. The minimum atomic E-state index is -1.10. The molecular weight excluding hydrogens is 524 g/mol. The van der Waals surface area contributed by atoms with E-state index in [1.807, 2.05) is 0 Å². The molecule has 0 fully saturated rings. The Labute approximate surface area is 228 Å². The van der Waals surface area contributed by atoms with E-state index in [4.69, 9.17) is 28.8 Å². The van der Waals surface area contributed by atoms with Crippen LogP contribution >= 0.6 is 0 Å². The summed E-state index contributed by atoms with van der Waals surface area (Å²) in [4.78, 5) is 58.4. The maximum Gasteiger partial charge on any atom is 0.513 e. The van der Waals surface area contributed by atoms with Crippen LogP contribution in [-0.4, -0.2) is 48.4 Å². The van der Waals surface area contributed by atoms with Gasteiger partial charge in [-0.25, -0.2) is 24.0 Å². The molecular formula is C29H24O11. The van der Waals surface area contributed by atoms with Gasteiger partial charge in [0.15, 0.2) is 0 Å². The highest BCUT2D eigenvalue weighted by Gasteiger charge is 2.13. The molecule has 206 valence electrons. The topological polar surface area (TPSA) is 152 Å². The number of aromatic carboxylic acids is 1. The van der Waals surface area contributed by atoms with Crippen LogP contribution in [0.2, 0.25) is 0 Å². The number of unbranched alkanes of at least 4 members (excludes halogenated alkanes) is 1. The summed E-state index contributed by atoms with van der Waals surface area (Å²) in [6, 6.07) is 16.6. The molecule has 0 spiro atoms. The first-order chi connectivity index (χ1) is 19.2. The van der Waals surface area contributed by atoms with Gasteiger partial charge in [0.1, 0.15) is 17.2 Å². The number of hydrogen-bond donors (Lipinski definition) is 1. The van der Waals surface area contributed by atoms with Crippen molar-refractivity contribution in [2.45, 2.75) is 12.8 Å². The summed E-state index contributed by atoms with van der Waals surface area (Å²) in [6.07, 6.45) is 1.11. The molecule has 0 saturated carbocycles. The molecule has 1 N–H and O–H groups in total. The summed E-state index contributed by atoms with van der Waals surface area (Å²) < 4.78 is 25.3. The van der Waals surface area contributed by atoms with Gasteiger partial charge in [0.25, 0.3) is 0 Å². The number of carbonyl (C=O) groups excluding carboxylic acids is 4. The second-order valence-corrected chi connectivity index (χ2v) is 7.94. The molecule has 11 nitrogen and oxygen atoms in total. The van der Waals surface area contributed by atoms with E-state index in [0.29, 0.717) is 12.8 Å². The van der Waals surface area contributed by atoms with Crippen LogP contribution in [0.1, 0.15) is 43.9 Å². The van der Waals surface area contributed by atoms with Crippen molar-refractivity contribution < 1.29 is 52.8 Å². The summed E-state index contributed by atoms with van der Waals surface area (Å²) in [7, 11) is 0. The quantitative estimate of drug-likeness (QED) is 0.109. The molecule has 0 atom stereocenters. The number of carbonyl (C=O) groups is 5. The van der Waals surface area contributed by atoms with Crippen LogP contribution in [0, 0.1) is 0 Å². The van der Waals surface area contributed by atoms with E-state index in [-0.39, 0.29) is 47.2 Å². The van der Waals surface area contributed by atoms with Crippen molar-refractivity contribution in [3.05, 3.63) is 102 Å². The Hall–Kier alpha value is -5.45. The standard InChI is InChI=1S/C29H24O11/c1-2-25(30)36-17-3-4-18-37-29(35)40-24-15-9-21(10-16-24)28(34)39-23-13-7-20(8-14-23)27(33)38-22-11-5-19(6-12-22)26(31)32/h2,5-16H,1,3-4,17-18H2,(H,31,32). The number of ether oxygens (including phenoxy) is 5. The van der Waals surface area contributed by atoms with Gasteiger partial charge < -0.3 is 28.8 Å². The van der Waals surface area contributed by atoms with Gasteiger partial charge in [-0.1, -0.05) is 6.58 Å². The van der Waals surface area contributed by atoms with Crippen molar-refractivity contribution in [3.8, 4) is 17.2 Å². The third-order valence-electron chi connectivity index (χ3n) is 5.07. The maximum absolute atomic E-state index is 12.4. The highest BCUT2D eigenvalue weighted by atomic mass is 16.7. The average Bonchev–Trinajstić information content (AvgIpc) is 2.95. The molecule has 0 aliphatic rings. The fraction of sp³-hybridized carbons (Fsp3) is 0.138. The molecule has 3 rings (SSSR count). The smallest absolute Gasteiger partial charge is 0.478 e. The van der Waals surface area contributed by atoms with Crippen molar-refractivity contribution in [3.63, 3.8) is 0 Å². The monoisotopic (exact) mass is 548 g/mol. The Kier molecular flexibility index (Phi) is 10.5. The van der Waals surface area contributed by atoms with Gasteiger partial charge in [0.2, 0.25) is 0 Å². The van der Waals surface area contributed by atoms with Gasteiger partial charge in [-0.2, -0.15) is 0 Å². The van der Waals surface area contributed by atoms with E-state index in [9.17, 15) is 24.0 Å². The lowest BCUT2D eigenvalue weighted by atomic mass is 10.2. The molecule has 0 radical (unpaired) electrons. The van der Waals surface area contributed by atoms with Gasteiger partial charge in [0, 0.05) is 6.08 Å². The van der Waals surface area contributed by atoms with Crippen molar-refractivity contribution in [1.29, 1.82) is 0 Å². The zero-order chi connectivity index (χ0) is 28.9. The van der Waals surface area contributed by atoms with E-state index in [2.05, 4.69) is 6.58 Å². The second-order valence-electron chi connectivity index (χ2n) is 7.94. The van der Waals surface area contributed by atoms with Crippen LogP contribution in [0.15, 0.2) is 85.5 Å². The van der Waals surface area contributed by atoms with Gasteiger partial charge in [-0.3, -0.25) is 0 Å². The van der Waals surface area contributed by atoms with Crippen LogP contribution in [-0.2, 0) is 14.3 Å². The molecule has 0 unspecified atom stereocenters. The number of carboxylic acids is 1. The molecule has 0 saturated heterocycles. The van der Waals surface area contributed by atoms with E-state index in [1.165, 1.54) is 72.8 Å². The Morgan fingerprint density at radius 1 is 0.600 bits per heavy atom. The fourth-order valence-electron chi connectivity index (χ4n) is 3.03. The zero-order valence-corrected chi connectivity index (χ0v) is 21.1. The van der Waals surface area contributed by atoms with E-state index in [0.717, 1.165) is 6.08 Å². The molecule has 0 aliphatic carbocycles. The third-order valence-corrected chi connectivity index (χ3v) is 5.07. The summed E-state index contributed by atoms with van der Waals surface area (Å²) in [5.74, 6) is -2.47. The van der Waals surface area contributed by atoms with Crippen LogP contribution in [0.4, 0.5) is 4.79 Å². The molecule has 0 amide bonds. The van der Waals surface area contributed by atoms with Crippen LogP contribution < -0.4 is 14.2 Å². The molecule has 0 aromatic heterocycles. The van der Waals surface area contributed by atoms with E-state index in [1.54, 1.807) is 0 Å². The van der Waals surface area contributed by atoms with Gasteiger partial charge in [0.05, 0.1) is 29.9 Å². The normalized spacial score (nSPS) is 10.1. The predicted octanol–water partition coefficient (Wildman–Crippen LogP) is 4.85. The lowest BCUT2D eigenvalue weighted by molar-refractivity contribution is -0.137. The van der Waals surface area contributed by atoms with Crippen molar-refractivity contribution >= 4 is 30.0 Å². The van der Waals surface area contributed by atoms with Gasteiger partial charge >= 0.3 is 30.0 Å². The SMILES string of the molecule is C=CC(=O)OCCCCOC(=O)Oc1ccc(C(=O)Oc2ccc(C(=O)Oc3ccc(C(=O)O)cc3)cc2)cc1. The largest absolute Gasteiger partial charge is 0.513 e. The first-order valence-corrected chi connectivity index (χ1v) is 11.9. The summed E-state index contributed by atoms with van der Waals surface area (Å²) in [5, 5.41) is 8.93. The highest BCUT2D eigenvalue weighted by molar-refractivity contribution is 5.93. The number of benzene rings is 3. The van der Waals surface area contributed by atoms with Crippen LogP contribution in [0.5, 0.6) is 17.2 Å². The lowest BCUT2D eigenvalue weighted by Crippen LogP contribution is -2.13. The first kappa shape index (κ1) is 29.1. The maximum atomic E-state index is 12.4. The third kappa shape index (κ3) is 9.14. The van der Waals surface area contributed by atoms with Crippen molar-refractivity contribution in [2.24, 2.45) is 0 Å². The minimum absolute atomic E-state index is 0.0598. The van der Waals surface area contributed by atoms with Crippen molar-refractivity contribution in [2.75, 3.05) is 13.2 Å². The molecule has 0 bridgehead atoms. The van der Waals surface area contributed by atoms with Gasteiger partial charge in [-0.05, 0) is 85.6 Å². The Balaban J connectivity index is 1.43. The van der Waals surface area contributed by atoms with Crippen molar-refractivity contribution in [1.82, 2.24) is 0 Å². The molecule has 0 aliphatic heterocycles. The van der Waals surface area contributed by atoms with Crippen LogP contribution in [0.25, 0.3) is 0 Å². The Bertz CT molecular complexity index is 1360. The van der Waals surface area contributed by atoms with Gasteiger partial charge in [-0.15, -0.1) is 0 Å². The summed E-state index contributed by atoms with van der Waals surface area (Å²) >= 11 is 0. The lowest BCUT2D eigenvalue weighted by Gasteiger charge is -2.08. The van der Waals surface area contributed by atoms with E-state index >= 15 is 0 Å². The van der Waals surface area contributed by atoms with E-state index < -0.39 is 30.0 Å². The minimum Gasteiger partial charge on any atom is -0.478 e. The fourth-order valence-corrected chi connectivity index (χ4v) is 3.03. The average molecular weight is 549 g/mol. The number of carboxylic acid groups (broad SMARTS) is 1. The summed E-state index contributed by atoms with van der Waals surface area (Å²) in [6.45, 7) is 3.54. The first-order valence-electron chi connectivity index (χ1n) is 11.9. The predicted molar refractivity (Wildman–Crippen MR) is 139 cm³/mol. The highest BCUT2D eigenvalue weighted by Crippen LogP contribution is 2.19. The molecule has 3 aromatic rings. The second kappa shape index (κ2) is 14.5. The molecule has 11 heteroatoms. The molecule has 40 heavy (non-hydrogen) atoms. The Morgan fingerprint density at radius 2 is 1.00 bits per heavy atom. The number of hydrogen-bond acceptors (Lipinski definition) is 10. The number of esters is 3. The molecule has 0 heterocycles. The zero-order valence-electron chi connectivity index (χ0n) is 21.1. The Morgan fingerprint density at radius 3 is 1.43 bits per heavy atom.